The lowest BCUT2D eigenvalue weighted by Gasteiger charge is -2.29. The fourth-order valence-electron chi connectivity index (χ4n) is 3.08. The van der Waals surface area contributed by atoms with Gasteiger partial charge in [-0.25, -0.2) is 0 Å². The second-order valence-corrected chi connectivity index (χ2v) is 6.58. The summed E-state index contributed by atoms with van der Waals surface area (Å²) < 4.78 is 5.59. The molecule has 1 heterocycles. The van der Waals surface area contributed by atoms with E-state index in [1.54, 1.807) is 44.3 Å². The molecular weight excluding hydrogens is 362 g/mol. The Balaban J connectivity index is 1.79. The van der Waals surface area contributed by atoms with Gasteiger partial charge in [0, 0.05) is 19.2 Å². The quantitative estimate of drug-likeness (QED) is 0.585. The minimum Gasteiger partial charge on any atom is -0.491 e. The number of hydrogen-bond acceptors (Lipinski definition) is 5. The number of amides is 2. The van der Waals surface area contributed by atoms with Gasteiger partial charge in [-0.05, 0) is 24.6 Å². The third kappa shape index (κ3) is 3.95. The Morgan fingerprint density at radius 2 is 2.04 bits per heavy atom. The summed E-state index contributed by atoms with van der Waals surface area (Å²) >= 11 is 0. The van der Waals surface area contributed by atoms with Crippen molar-refractivity contribution in [1.82, 2.24) is 4.90 Å². The Morgan fingerprint density at radius 1 is 1.29 bits per heavy atom. The molecule has 2 amide bonds. The summed E-state index contributed by atoms with van der Waals surface area (Å²) in [5.74, 6) is 0.106. The number of nitrogens with zero attached hydrogens (tertiary/aromatic N) is 3. The van der Waals surface area contributed by atoms with E-state index in [2.05, 4.69) is 0 Å². The van der Waals surface area contributed by atoms with Crippen LogP contribution in [0.15, 0.2) is 48.5 Å². The maximum atomic E-state index is 12.9. The van der Waals surface area contributed by atoms with E-state index in [0.717, 1.165) is 0 Å². The molecule has 0 radical (unpaired) electrons. The molecule has 0 fully saturated rings. The van der Waals surface area contributed by atoms with E-state index in [0.29, 0.717) is 17.0 Å². The number of ether oxygens (including phenoxy) is 1. The van der Waals surface area contributed by atoms with Gasteiger partial charge in [0.1, 0.15) is 12.3 Å². The fourth-order valence-corrected chi connectivity index (χ4v) is 3.08. The lowest BCUT2D eigenvalue weighted by atomic mass is 10.1. The predicted octanol–water partition coefficient (Wildman–Crippen LogP) is 2.93. The number of fused-ring (bicyclic) bond motifs is 1. The number of carbonyl (C=O) groups is 2. The maximum Gasteiger partial charge on any atom is 0.269 e. The Kier molecular flexibility index (Phi) is 5.58. The maximum absolute atomic E-state index is 12.9. The number of likely N-dealkylation sites (N-methyl/N-ethyl adjacent to an activating group) is 1. The molecule has 8 heteroatoms. The molecule has 0 aromatic heterocycles. The zero-order chi connectivity index (χ0) is 20.3. The Bertz CT molecular complexity index is 914. The van der Waals surface area contributed by atoms with Gasteiger partial charge in [-0.1, -0.05) is 24.3 Å². The molecule has 1 aliphatic rings. The normalized spacial score (nSPS) is 14.5. The number of para-hydroxylation sites is 2. The van der Waals surface area contributed by atoms with Gasteiger partial charge >= 0.3 is 0 Å². The van der Waals surface area contributed by atoms with Crippen molar-refractivity contribution in [2.24, 2.45) is 0 Å². The highest BCUT2D eigenvalue weighted by Crippen LogP contribution is 2.31. The van der Waals surface area contributed by atoms with E-state index < -0.39 is 4.92 Å². The third-order valence-electron chi connectivity index (χ3n) is 4.86. The summed E-state index contributed by atoms with van der Waals surface area (Å²) in [7, 11) is 1.62. The van der Waals surface area contributed by atoms with Crippen molar-refractivity contribution in [3.8, 4) is 5.75 Å². The molecule has 0 saturated heterocycles. The zero-order valence-corrected chi connectivity index (χ0v) is 15.7. The van der Waals surface area contributed by atoms with Crippen LogP contribution in [-0.4, -0.2) is 41.8 Å². The van der Waals surface area contributed by atoms with E-state index >= 15 is 0 Å². The number of anilines is 1. The molecule has 0 bridgehead atoms. The molecule has 2 aromatic rings. The number of rotatable bonds is 5. The van der Waals surface area contributed by atoms with Crippen LogP contribution in [0.25, 0.3) is 0 Å². The van der Waals surface area contributed by atoms with Crippen LogP contribution >= 0.6 is 0 Å². The summed E-state index contributed by atoms with van der Waals surface area (Å²) in [6.45, 7) is 1.92. The van der Waals surface area contributed by atoms with Gasteiger partial charge in [0.05, 0.1) is 29.7 Å². The highest BCUT2D eigenvalue weighted by atomic mass is 16.6. The van der Waals surface area contributed by atoms with Gasteiger partial charge in [-0.15, -0.1) is 0 Å². The molecule has 0 aliphatic carbocycles. The molecule has 2 aromatic carbocycles. The van der Waals surface area contributed by atoms with Gasteiger partial charge in [0.25, 0.3) is 5.69 Å². The first kappa shape index (κ1) is 19.3. The smallest absolute Gasteiger partial charge is 0.269 e. The molecule has 3 rings (SSSR count). The van der Waals surface area contributed by atoms with Crippen molar-refractivity contribution in [3.63, 3.8) is 0 Å². The minimum absolute atomic E-state index is 0.0287. The molecule has 0 spiro atoms. The van der Waals surface area contributed by atoms with Gasteiger partial charge in [0.2, 0.25) is 11.8 Å². The third-order valence-corrected chi connectivity index (χ3v) is 4.86. The summed E-state index contributed by atoms with van der Waals surface area (Å²) in [6, 6.07) is 12.9. The highest BCUT2D eigenvalue weighted by molar-refractivity contribution is 6.00. The van der Waals surface area contributed by atoms with Crippen LogP contribution in [-0.2, 0) is 9.59 Å². The number of hydrogen-bond donors (Lipinski definition) is 0. The standard InChI is InChI=1S/C20H21N3O5/c1-14(15-6-5-7-16(12-15)23(26)27)21(2)20(25)13-22-17-8-3-4-9-18(17)28-11-10-19(22)24/h3-9,12,14H,10-11,13H2,1-2H3/t14-/m0/s1. The highest BCUT2D eigenvalue weighted by Gasteiger charge is 2.28. The summed E-state index contributed by atoms with van der Waals surface area (Å²) in [6.07, 6.45) is 0.187. The Labute approximate surface area is 162 Å². The largest absolute Gasteiger partial charge is 0.491 e. The van der Waals surface area contributed by atoms with Gasteiger partial charge in [-0.2, -0.15) is 0 Å². The van der Waals surface area contributed by atoms with Crippen LogP contribution < -0.4 is 9.64 Å². The molecule has 0 unspecified atom stereocenters. The molecule has 8 nitrogen and oxygen atoms in total. The van der Waals surface area contributed by atoms with Crippen molar-refractivity contribution in [2.75, 3.05) is 25.1 Å². The van der Waals surface area contributed by atoms with Crippen LogP contribution in [0, 0.1) is 10.1 Å². The van der Waals surface area contributed by atoms with Crippen LogP contribution in [0.3, 0.4) is 0 Å². The summed E-state index contributed by atoms with van der Waals surface area (Å²) in [4.78, 5) is 38.8. The van der Waals surface area contributed by atoms with Crippen LogP contribution in [0.2, 0.25) is 0 Å². The first-order valence-electron chi connectivity index (χ1n) is 8.90. The molecule has 1 aliphatic heterocycles. The second-order valence-electron chi connectivity index (χ2n) is 6.58. The molecule has 1 atom stereocenters. The topological polar surface area (TPSA) is 93.0 Å². The number of nitro groups is 1. The SMILES string of the molecule is C[C@@H](c1cccc([N+](=O)[O-])c1)N(C)C(=O)CN1C(=O)CCOc2ccccc21. The lowest BCUT2D eigenvalue weighted by Crippen LogP contribution is -2.42. The average molecular weight is 383 g/mol. The zero-order valence-electron chi connectivity index (χ0n) is 15.7. The monoisotopic (exact) mass is 383 g/mol. The molecule has 146 valence electrons. The van der Waals surface area contributed by atoms with E-state index in [-0.39, 0.29) is 43.1 Å². The van der Waals surface area contributed by atoms with Crippen molar-refractivity contribution in [1.29, 1.82) is 0 Å². The number of carbonyl (C=O) groups excluding carboxylic acids is 2. The minimum atomic E-state index is -0.467. The predicted molar refractivity (Wildman–Crippen MR) is 103 cm³/mol. The first-order chi connectivity index (χ1) is 13.4. The van der Waals surface area contributed by atoms with E-state index in [1.807, 2.05) is 6.07 Å². The van der Waals surface area contributed by atoms with Gasteiger partial charge < -0.3 is 9.64 Å². The number of nitro benzene ring substituents is 1. The van der Waals surface area contributed by atoms with Crippen molar-refractivity contribution in [3.05, 3.63) is 64.2 Å². The Morgan fingerprint density at radius 3 is 2.79 bits per heavy atom. The van der Waals surface area contributed by atoms with E-state index in [4.69, 9.17) is 4.74 Å². The lowest BCUT2D eigenvalue weighted by molar-refractivity contribution is -0.384. The van der Waals surface area contributed by atoms with E-state index in [1.165, 1.54) is 21.9 Å². The van der Waals surface area contributed by atoms with Crippen molar-refractivity contribution in [2.45, 2.75) is 19.4 Å². The van der Waals surface area contributed by atoms with Crippen molar-refractivity contribution < 1.29 is 19.2 Å². The van der Waals surface area contributed by atoms with Gasteiger partial charge in [0.15, 0.2) is 0 Å². The van der Waals surface area contributed by atoms with Gasteiger partial charge in [-0.3, -0.25) is 24.6 Å². The first-order valence-corrected chi connectivity index (χ1v) is 8.90. The number of non-ortho nitro benzene ring substituents is 1. The van der Waals surface area contributed by atoms with Crippen LogP contribution in [0.5, 0.6) is 5.75 Å². The fraction of sp³-hybridized carbons (Fsp3) is 0.300. The van der Waals surface area contributed by atoms with Crippen molar-refractivity contribution >= 4 is 23.2 Å². The molecule has 0 N–H and O–H groups in total. The Hall–Kier alpha value is -3.42. The van der Waals surface area contributed by atoms with E-state index in [9.17, 15) is 19.7 Å². The van der Waals surface area contributed by atoms with Crippen LogP contribution in [0.1, 0.15) is 24.9 Å². The summed E-state index contributed by atoms with van der Waals surface area (Å²) in [5.41, 5.74) is 1.18. The second kappa shape index (κ2) is 8.08. The molecule has 28 heavy (non-hydrogen) atoms. The average Bonchev–Trinajstić information content (AvgIpc) is 2.86. The molecule has 0 saturated carbocycles. The molecular formula is C20H21N3O5. The summed E-state index contributed by atoms with van der Waals surface area (Å²) in [5, 5.41) is 11.0. The number of benzene rings is 2. The van der Waals surface area contributed by atoms with Crippen LogP contribution in [0.4, 0.5) is 11.4 Å².